The first kappa shape index (κ1) is 9.54. The monoisotopic (exact) mass is 206 g/mol. The number of thiol groups is 1. The van der Waals surface area contributed by atoms with Gasteiger partial charge in [0.2, 0.25) is 5.06 Å². The molecule has 12 heavy (non-hydrogen) atoms. The number of hydrogen-bond acceptors (Lipinski definition) is 5. The summed E-state index contributed by atoms with van der Waals surface area (Å²) in [5.74, 6) is 0.627. The molecule has 0 aliphatic rings. The van der Waals surface area contributed by atoms with Crippen molar-refractivity contribution >= 4 is 24.0 Å². The summed E-state index contributed by atoms with van der Waals surface area (Å²) in [6.07, 6.45) is 0. The molecule has 1 aromatic rings. The van der Waals surface area contributed by atoms with Gasteiger partial charge in [-0.15, -0.1) is 12.6 Å². The lowest BCUT2D eigenvalue weighted by Crippen LogP contribution is -1.85. The fourth-order valence-electron chi connectivity index (χ4n) is 0.821. The number of methoxy groups -OCH3 is 3. The third-order valence-electron chi connectivity index (χ3n) is 1.35. The van der Waals surface area contributed by atoms with E-state index in [9.17, 15) is 0 Å². The van der Waals surface area contributed by atoms with Gasteiger partial charge < -0.3 is 14.2 Å². The van der Waals surface area contributed by atoms with Gasteiger partial charge in [0.25, 0.3) is 0 Å². The fraction of sp³-hybridized carbons (Fsp3) is 0.429. The summed E-state index contributed by atoms with van der Waals surface area (Å²) in [7, 11) is 4.75. The molecule has 0 N–H and O–H groups in total. The Kier molecular flexibility index (Phi) is 3.11. The third kappa shape index (κ3) is 1.47. The summed E-state index contributed by atoms with van der Waals surface area (Å²) in [6.45, 7) is 0. The molecule has 0 saturated heterocycles. The molecule has 1 aromatic heterocycles. The maximum absolute atomic E-state index is 5.08. The van der Waals surface area contributed by atoms with Crippen molar-refractivity contribution in [2.45, 2.75) is 4.90 Å². The normalized spacial score (nSPS) is 9.67. The maximum atomic E-state index is 5.08. The molecule has 0 atom stereocenters. The van der Waals surface area contributed by atoms with Gasteiger partial charge in [0, 0.05) is 0 Å². The van der Waals surface area contributed by atoms with E-state index in [1.807, 2.05) is 0 Å². The molecular weight excluding hydrogens is 196 g/mol. The van der Waals surface area contributed by atoms with Crippen LogP contribution < -0.4 is 14.2 Å². The summed E-state index contributed by atoms with van der Waals surface area (Å²) >= 11 is 5.59. The van der Waals surface area contributed by atoms with Gasteiger partial charge in [0.05, 0.1) is 21.3 Å². The summed E-state index contributed by atoms with van der Waals surface area (Å²) in [6, 6.07) is 0. The Bertz CT molecular complexity index is 270. The van der Waals surface area contributed by atoms with Crippen molar-refractivity contribution in [3.8, 4) is 15.9 Å². The second kappa shape index (κ2) is 3.91. The third-order valence-corrected chi connectivity index (χ3v) is 3.01. The van der Waals surface area contributed by atoms with E-state index in [0.717, 1.165) is 0 Å². The van der Waals surface area contributed by atoms with Crippen LogP contribution in [0.15, 0.2) is 4.90 Å². The van der Waals surface area contributed by atoms with Crippen LogP contribution in [0.3, 0.4) is 0 Å². The van der Waals surface area contributed by atoms with Crippen molar-refractivity contribution < 1.29 is 14.2 Å². The zero-order valence-electron chi connectivity index (χ0n) is 7.08. The quantitative estimate of drug-likeness (QED) is 0.767. The van der Waals surface area contributed by atoms with Gasteiger partial charge in [-0.25, -0.2) is 0 Å². The van der Waals surface area contributed by atoms with Crippen LogP contribution in [0, 0.1) is 0 Å². The van der Waals surface area contributed by atoms with E-state index in [-0.39, 0.29) is 0 Å². The van der Waals surface area contributed by atoms with Crippen LogP contribution in [0.25, 0.3) is 0 Å². The molecular formula is C7H10O3S2. The lowest BCUT2D eigenvalue weighted by atomic mass is 10.5. The molecule has 0 saturated carbocycles. The van der Waals surface area contributed by atoms with Gasteiger partial charge in [-0.05, 0) is 0 Å². The highest BCUT2D eigenvalue weighted by molar-refractivity contribution is 7.80. The largest absolute Gasteiger partial charge is 0.491 e. The smallest absolute Gasteiger partial charge is 0.221 e. The van der Waals surface area contributed by atoms with Crippen molar-refractivity contribution in [1.29, 1.82) is 0 Å². The standard InChI is InChI=1S/C7H10O3S2/c1-8-4-5(11)7(10-3)12-6(4)9-2/h11H,1-3H3. The molecule has 0 unspecified atom stereocenters. The van der Waals surface area contributed by atoms with Crippen molar-refractivity contribution in [2.75, 3.05) is 21.3 Å². The maximum Gasteiger partial charge on any atom is 0.221 e. The molecule has 0 aliphatic heterocycles. The van der Waals surface area contributed by atoms with E-state index in [0.29, 0.717) is 20.8 Å². The van der Waals surface area contributed by atoms with Crippen LogP contribution in [0.5, 0.6) is 15.9 Å². The topological polar surface area (TPSA) is 27.7 Å². The second-order valence-electron chi connectivity index (χ2n) is 1.97. The average molecular weight is 206 g/mol. The SMILES string of the molecule is COc1sc(OC)c(OC)c1S. The Balaban J connectivity index is 3.13. The highest BCUT2D eigenvalue weighted by atomic mass is 32.1. The van der Waals surface area contributed by atoms with Crippen molar-refractivity contribution in [3.05, 3.63) is 0 Å². The molecule has 0 bridgehead atoms. The van der Waals surface area contributed by atoms with E-state index < -0.39 is 0 Å². The van der Waals surface area contributed by atoms with Gasteiger partial charge in [-0.2, -0.15) is 0 Å². The highest BCUT2D eigenvalue weighted by Gasteiger charge is 2.17. The number of rotatable bonds is 3. The van der Waals surface area contributed by atoms with E-state index in [4.69, 9.17) is 14.2 Å². The first-order chi connectivity index (χ1) is 5.74. The Morgan fingerprint density at radius 2 is 1.58 bits per heavy atom. The summed E-state index contributed by atoms with van der Waals surface area (Å²) in [5, 5.41) is 1.38. The zero-order chi connectivity index (χ0) is 9.14. The van der Waals surface area contributed by atoms with Crippen LogP contribution in [0.4, 0.5) is 0 Å². The Morgan fingerprint density at radius 1 is 1.00 bits per heavy atom. The van der Waals surface area contributed by atoms with Gasteiger partial charge in [-0.3, -0.25) is 0 Å². The Hall–Kier alpha value is -0.550. The minimum Gasteiger partial charge on any atom is -0.491 e. The molecule has 1 rings (SSSR count). The lowest BCUT2D eigenvalue weighted by molar-refractivity contribution is 0.354. The van der Waals surface area contributed by atoms with Gasteiger partial charge in [-0.1, -0.05) is 11.3 Å². The average Bonchev–Trinajstić information content (AvgIpc) is 2.41. The molecule has 0 aliphatic carbocycles. The molecule has 0 radical (unpaired) electrons. The van der Waals surface area contributed by atoms with E-state index >= 15 is 0 Å². The highest BCUT2D eigenvalue weighted by Crippen LogP contribution is 2.48. The van der Waals surface area contributed by atoms with Crippen LogP contribution in [0.2, 0.25) is 0 Å². The summed E-state index contributed by atoms with van der Waals surface area (Å²) < 4.78 is 15.2. The molecule has 0 amide bonds. The van der Waals surface area contributed by atoms with E-state index in [2.05, 4.69) is 12.6 Å². The zero-order valence-corrected chi connectivity index (χ0v) is 8.79. The number of thiophene rings is 1. The first-order valence-electron chi connectivity index (χ1n) is 3.22. The van der Waals surface area contributed by atoms with Crippen LogP contribution in [-0.2, 0) is 0 Å². The fourth-order valence-corrected chi connectivity index (χ4v) is 2.12. The van der Waals surface area contributed by atoms with Gasteiger partial charge in [0.15, 0.2) is 10.8 Å². The number of ether oxygens (including phenoxy) is 3. The minimum absolute atomic E-state index is 0.627. The predicted octanol–water partition coefficient (Wildman–Crippen LogP) is 2.06. The second-order valence-corrected chi connectivity index (χ2v) is 3.36. The molecule has 5 heteroatoms. The van der Waals surface area contributed by atoms with Crippen molar-refractivity contribution in [1.82, 2.24) is 0 Å². The van der Waals surface area contributed by atoms with E-state index in [1.54, 1.807) is 21.3 Å². The molecule has 68 valence electrons. The molecule has 0 fully saturated rings. The van der Waals surface area contributed by atoms with Crippen molar-refractivity contribution in [3.63, 3.8) is 0 Å². The Labute approximate surface area is 80.7 Å². The van der Waals surface area contributed by atoms with Crippen LogP contribution in [0.1, 0.15) is 0 Å². The molecule has 0 aromatic carbocycles. The van der Waals surface area contributed by atoms with E-state index in [1.165, 1.54) is 11.3 Å². The summed E-state index contributed by atoms with van der Waals surface area (Å²) in [5.41, 5.74) is 0. The number of hydrogen-bond donors (Lipinski definition) is 1. The predicted molar refractivity (Wildman–Crippen MR) is 51.2 cm³/mol. The molecule has 1 heterocycles. The minimum atomic E-state index is 0.627. The summed E-state index contributed by atoms with van der Waals surface area (Å²) in [4.78, 5) is 0.682. The van der Waals surface area contributed by atoms with Crippen LogP contribution in [-0.4, -0.2) is 21.3 Å². The first-order valence-corrected chi connectivity index (χ1v) is 4.48. The van der Waals surface area contributed by atoms with Crippen molar-refractivity contribution in [2.24, 2.45) is 0 Å². The van der Waals surface area contributed by atoms with Gasteiger partial charge in [0.1, 0.15) is 4.90 Å². The van der Waals surface area contributed by atoms with Crippen LogP contribution >= 0.6 is 24.0 Å². The molecule has 3 nitrogen and oxygen atoms in total. The van der Waals surface area contributed by atoms with Gasteiger partial charge >= 0.3 is 0 Å². The lowest BCUT2D eigenvalue weighted by Gasteiger charge is -1.99. The Morgan fingerprint density at radius 3 is 1.92 bits per heavy atom. The molecule has 0 spiro atoms.